The van der Waals surface area contributed by atoms with Gasteiger partial charge in [0.2, 0.25) is 0 Å². The number of hydrogen-bond donors (Lipinski definition) is 1. The third-order valence-corrected chi connectivity index (χ3v) is 3.38. The van der Waals surface area contributed by atoms with E-state index >= 15 is 0 Å². The van der Waals surface area contributed by atoms with Gasteiger partial charge >= 0.3 is 0 Å². The van der Waals surface area contributed by atoms with E-state index < -0.39 is 0 Å². The van der Waals surface area contributed by atoms with Crippen molar-refractivity contribution in [1.29, 1.82) is 0 Å². The van der Waals surface area contributed by atoms with Gasteiger partial charge < -0.3 is 5.11 Å². The van der Waals surface area contributed by atoms with E-state index in [9.17, 15) is 5.11 Å². The van der Waals surface area contributed by atoms with Gasteiger partial charge in [-0.2, -0.15) is 0 Å². The van der Waals surface area contributed by atoms with Crippen LogP contribution in [0.15, 0.2) is 28.7 Å². The van der Waals surface area contributed by atoms with E-state index in [-0.39, 0.29) is 6.10 Å². The first-order chi connectivity index (χ1) is 7.15. The first-order valence-corrected chi connectivity index (χ1v) is 6.10. The standard InChI is InChI=1S/C12H16BrNO/c1-9(6-14-7-12(15)8-14)10-3-2-4-11(13)5-10/h2-5,9,12,15H,6-8H2,1H3/t9-/m1/s1. The van der Waals surface area contributed by atoms with Crippen molar-refractivity contribution in [3.05, 3.63) is 34.3 Å². The average Bonchev–Trinajstić information content (AvgIpc) is 2.15. The van der Waals surface area contributed by atoms with Gasteiger partial charge in [-0.15, -0.1) is 0 Å². The normalized spacial score (nSPS) is 19.9. The van der Waals surface area contributed by atoms with Crippen LogP contribution in [0.5, 0.6) is 0 Å². The molecule has 0 saturated carbocycles. The Morgan fingerprint density at radius 2 is 2.27 bits per heavy atom. The fourth-order valence-electron chi connectivity index (χ4n) is 2.00. The van der Waals surface area contributed by atoms with Gasteiger partial charge in [-0.05, 0) is 23.6 Å². The highest BCUT2D eigenvalue weighted by molar-refractivity contribution is 9.10. The predicted octanol–water partition coefficient (Wildman–Crippen LogP) is 2.23. The van der Waals surface area contributed by atoms with Crippen LogP contribution in [0.3, 0.4) is 0 Å². The summed E-state index contributed by atoms with van der Waals surface area (Å²) in [6.45, 7) is 4.93. The molecule has 0 bridgehead atoms. The van der Waals surface area contributed by atoms with Crippen molar-refractivity contribution in [3.8, 4) is 0 Å². The highest BCUT2D eigenvalue weighted by Gasteiger charge is 2.25. The number of benzene rings is 1. The molecule has 1 aromatic carbocycles. The molecule has 1 saturated heterocycles. The monoisotopic (exact) mass is 269 g/mol. The van der Waals surface area contributed by atoms with Gasteiger partial charge in [0.25, 0.3) is 0 Å². The second-order valence-electron chi connectivity index (χ2n) is 4.33. The summed E-state index contributed by atoms with van der Waals surface area (Å²) >= 11 is 3.48. The Morgan fingerprint density at radius 1 is 1.53 bits per heavy atom. The lowest BCUT2D eigenvalue weighted by atomic mass is 9.99. The van der Waals surface area contributed by atoms with Crippen molar-refractivity contribution in [2.75, 3.05) is 19.6 Å². The summed E-state index contributed by atoms with van der Waals surface area (Å²) in [6, 6.07) is 8.44. The molecule has 1 heterocycles. The average molecular weight is 270 g/mol. The van der Waals surface area contributed by atoms with Crippen molar-refractivity contribution in [3.63, 3.8) is 0 Å². The van der Waals surface area contributed by atoms with Gasteiger partial charge in [0.15, 0.2) is 0 Å². The molecule has 2 rings (SSSR count). The number of hydrogen-bond acceptors (Lipinski definition) is 2. The smallest absolute Gasteiger partial charge is 0.0793 e. The molecule has 0 amide bonds. The highest BCUT2D eigenvalue weighted by atomic mass is 79.9. The van der Waals surface area contributed by atoms with Gasteiger partial charge in [-0.3, -0.25) is 4.90 Å². The van der Waals surface area contributed by atoms with Crippen molar-refractivity contribution in [2.45, 2.75) is 18.9 Å². The number of aliphatic hydroxyl groups excluding tert-OH is 1. The second kappa shape index (κ2) is 4.64. The lowest BCUT2D eigenvalue weighted by Gasteiger charge is -2.37. The zero-order valence-corrected chi connectivity index (χ0v) is 10.4. The number of aliphatic hydroxyl groups is 1. The quantitative estimate of drug-likeness (QED) is 0.910. The van der Waals surface area contributed by atoms with E-state index in [2.05, 4.69) is 46.0 Å². The molecular weight excluding hydrogens is 254 g/mol. The molecular formula is C12H16BrNO. The van der Waals surface area contributed by atoms with Gasteiger partial charge in [0, 0.05) is 24.1 Å². The van der Waals surface area contributed by atoms with E-state index in [0.717, 1.165) is 24.1 Å². The molecule has 1 aliphatic heterocycles. The molecule has 1 aliphatic rings. The minimum Gasteiger partial charge on any atom is -0.390 e. The molecule has 0 radical (unpaired) electrons. The number of halogens is 1. The van der Waals surface area contributed by atoms with E-state index in [4.69, 9.17) is 0 Å². The Labute approximate surface area is 99.0 Å². The summed E-state index contributed by atoms with van der Waals surface area (Å²) in [5, 5.41) is 9.20. The fraction of sp³-hybridized carbons (Fsp3) is 0.500. The summed E-state index contributed by atoms with van der Waals surface area (Å²) in [4.78, 5) is 2.29. The largest absolute Gasteiger partial charge is 0.390 e. The zero-order valence-electron chi connectivity index (χ0n) is 8.86. The maximum absolute atomic E-state index is 9.20. The van der Waals surface area contributed by atoms with Gasteiger partial charge in [-0.1, -0.05) is 35.0 Å². The molecule has 1 N–H and O–H groups in total. The molecule has 0 unspecified atom stereocenters. The third-order valence-electron chi connectivity index (χ3n) is 2.89. The van der Waals surface area contributed by atoms with Gasteiger partial charge in [0.05, 0.1) is 6.10 Å². The molecule has 82 valence electrons. The van der Waals surface area contributed by atoms with Crippen LogP contribution in [0.2, 0.25) is 0 Å². The Balaban J connectivity index is 1.93. The summed E-state index contributed by atoms with van der Waals surface area (Å²) < 4.78 is 1.13. The Hall–Kier alpha value is -0.380. The predicted molar refractivity (Wildman–Crippen MR) is 65.0 cm³/mol. The Morgan fingerprint density at radius 3 is 2.87 bits per heavy atom. The van der Waals surface area contributed by atoms with E-state index in [1.807, 2.05) is 6.07 Å². The minimum atomic E-state index is -0.0975. The maximum atomic E-state index is 9.20. The van der Waals surface area contributed by atoms with Crippen LogP contribution in [-0.4, -0.2) is 35.7 Å². The summed E-state index contributed by atoms with van der Waals surface area (Å²) in [5.41, 5.74) is 1.35. The number of rotatable bonds is 3. The fourth-order valence-corrected chi connectivity index (χ4v) is 2.41. The molecule has 0 aromatic heterocycles. The topological polar surface area (TPSA) is 23.5 Å². The van der Waals surface area contributed by atoms with E-state index in [1.165, 1.54) is 5.56 Å². The van der Waals surface area contributed by atoms with E-state index in [1.54, 1.807) is 0 Å². The second-order valence-corrected chi connectivity index (χ2v) is 5.24. The van der Waals surface area contributed by atoms with Gasteiger partial charge in [0.1, 0.15) is 0 Å². The van der Waals surface area contributed by atoms with Crippen LogP contribution >= 0.6 is 15.9 Å². The van der Waals surface area contributed by atoms with Crippen molar-refractivity contribution >= 4 is 15.9 Å². The van der Waals surface area contributed by atoms with Gasteiger partial charge in [-0.25, -0.2) is 0 Å². The van der Waals surface area contributed by atoms with Crippen molar-refractivity contribution in [2.24, 2.45) is 0 Å². The Bertz CT molecular complexity index is 336. The van der Waals surface area contributed by atoms with Crippen LogP contribution in [-0.2, 0) is 0 Å². The van der Waals surface area contributed by atoms with Crippen LogP contribution in [0.4, 0.5) is 0 Å². The first-order valence-electron chi connectivity index (χ1n) is 5.31. The summed E-state index contributed by atoms with van der Waals surface area (Å²) in [6.07, 6.45) is -0.0975. The first kappa shape index (κ1) is 11.1. The molecule has 3 heteroatoms. The molecule has 15 heavy (non-hydrogen) atoms. The summed E-state index contributed by atoms with van der Waals surface area (Å²) in [5.74, 6) is 0.523. The SMILES string of the molecule is C[C@H](CN1CC(O)C1)c1cccc(Br)c1. The molecule has 1 fully saturated rings. The van der Waals surface area contributed by atoms with Crippen molar-refractivity contribution in [1.82, 2.24) is 4.90 Å². The zero-order chi connectivity index (χ0) is 10.8. The molecule has 0 spiro atoms. The van der Waals surface area contributed by atoms with Crippen molar-refractivity contribution < 1.29 is 5.11 Å². The minimum absolute atomic E-state index is 0.0975. The Kier molecular flexibility index (Phi) is 3.44. The van der Waals surface area contributed by atoms with Crippen LogP contribution in [0.1, 0.15) is 18.4 Å². The number of nitrogens with zero attached hydrogens (tertiary/aromatic N) is 1. The molecule has 2 nitrogen and oxygen atoms in total. The maximum Gasteiger partial charge on any atom is 0.0793 e. The number of likely N-dealkylation sites (tertiary alicyclic amines) is 1. The molecule has 1 aromatic rings. The number of β-amino-alcohol motifs (C(OH)–C–C–N with tert-alkyl or cyclic N) is 1. The molecule has 0 aliphatic carbocycles. The van der Waals surface area contributed by atoms with Crippen LogP contribution in [0.25, 0.3) is 0 Å². The summed E-state index contributed by atoms with van der Waals surface area (Å²) in [7, 11) is 0. The lowest BCUT2D eigenvalue weighted by Crippen LogP contribution is -2.51. The van der Waals surface area contributed by atoms with Crippen LogP contribution in [0, 0.1) is 0 Å². The molecule has 1 atom stereocenters. The third kappa shape index (κ3) is 2.80. The lowest BCUT2D eigenvalue weighted by molar-refractivity contribution is -0.000322. The highest BCUT2D eigenvalue weighted by Crippen LogP contribution is 2.22. The van der Waals surface area contributed by atoms with Crippen LogP contribution < -0.4 is 0 Å². The van der Waals surface area contributed by atoms with E-state index in [0.29, 0.717) is 5.92 Å².